The van der Waals surface area contributed by atoms with Crippen LogP contribution >= 0.6 is 11.8 Å². The van der Waals surface area contributed by atoms with E-state index in [4.69, 9.17) is 18.6 Å². The van der Waals surface area contributed by atoms with Crippen molar-refractivity contribution in [3.05, 3.63) is 48.0 Å². The molecule has 0 aliphatic rings. The molecule has 168 valence electrons. The summed E-state index contributed by atoms with van der Waals surface area (Å²) in [7, 11) is 3.09. The average Bonchev–Trinajstić information content (AvgIpc) is 3.26. The van der Waals surface area contributed by atoms with Crippen molar-refractivity contribution in [1.29, 1.82) is 0 Å². The van der Waals surface area contributed by atoms with Crippen LogP contribution in [-0.4, -0.2) is 48.2 Å². The lowest BCUT2D eigenvalue weighted by Crippen LogP contribution is -2.18. The second-order valence-corrected chi connectivity index (χ2v) is 7.70. The van der Waals surface area contributed by atoms with Crippen LogP contribution in [0.5, 0.6) is 11.5 Å². The van der Waals surface area contributed by atoms with Crippen molar-refractivity contribution in [2.45, 2.75) is 25.2 Å². The number of benzene rings is 2. The third-order valence-corrected chi connectivity index (χ3v) is 4.95. The Bertz CT molecular complexity index is 1100. The highest BCUT2D eigenvalue weighted by atomic mass is 32.2. The molecule has 0 bridgehead atoms. The number of carbonyl (C=O) groups excluding carboxylic acids is 2. The Labute approximate surface area is 189 Å². The minimum Gasteiger partial charge on any atom is -0.497 e. The van der Waals surface area contributed by atoms with Gasteiger partial charge in [0, 0.05) is 6.07 Å². The number of amides is 1. The van der Waals surface area contributed by atoms with Gasteiger partial charge in [-0.1, -0.05) is 23.9 Å². The first-order valence-corrected chi connectivity index (χ1v) is 10.7. The number of nitrogens with one attached hydrogen (secondary N) is 1. The Hall–Kier alpha value is -3.53. The van der Waals surface area contributed by atoms with Gasteiger partial charge >= 0.3 is 5.97 Å². The van der Waals surface area contributed by atoms with Gasteiger partial charge in [-0.2, -0.15) is 0 Å². The van der Waals surface area contributed by atoms with Gasteiger partial charge in [-0.3, -0.25) is 4.79 Å². The molecule has 0 aliphatic carbocycles. The number of rotatable bonds is 9. The number of carbonyl (C=O) groups is 2. The molecule has 2 aromatic carbocycles. The molecule has 0 saturated heterocycles. The molecule has 0 spiro atoms. The molecule has 0 radical (unpaired) electrons. The number of methoxy groups -OCH3 is 2. The van der Waals surface area contributed by atoms with Gasteiger partial charge in [-0.15, -0.1) is 10.2 Å². The maximum atomic E-state index is 12.4. The third-order valence-electron chi connectivity index (χ3n) is 4.14. The summed E-state index contributed by atoms with van der Waals surface area (Å²) in [5.74, 6) is 0.588. The van der Waals surface area contributed by atoms with Crippen LogP contribution < -0.4 is 14.8 Å². The van der Waals surface area contributed by atoms with Gasteiger partial charge < -0.3 is 23.9 Å². The van der Waals surface area contributed by atoms with Crippen molar-refractivity contribution in [1.82, 2.24) is 10.2 Å². The second-order valence-electron chi connectivity index (χ2n) is 6.78. The summed E-state index contributed by atoms with van der Waals surface area (Å²) in [6.07, 6.45) is -0.266. The van der Waals surface area contributed by atoms with Crippen molar-refractivity contribution in [2.75, 3.05) is 25.3 Å². The number of hydrogen-bond acceptors (Lipinski definition) is 9. The smallest absolute Gasteiger partial charge is 0.340 e. The topological polar surface area (TPSA) is 113 Å². The minimum absolute atomic E-state index is 0.00887. The number of aromatic nitrogens is 2. The van der Waals surface area contributed by atoms with E-state index in [9.17, 15) is 9.59 Å². The second kappa shape index (κ2) is 10.7. The molecule has 0 aliphatic heterocycles. The van der Waals surface area contributed by atoms with Crippen LogP contribution in [0, 0.1) is 0 Å². The van der Waals surface area contributed by atoms with Gasteiger partial charge in [0.2, 0.25) is 5.91 Å². The van der Waals surface area contributed by atoms with E-state index in [1.54, 1.807) is 63.4 Å². The largest absolute Gasteiger partial charge is 0.497 e. The first kappa shape index (κ1) is 23.1. The summed E-state index contributed by atoms with van der Waals surface area (Å²) >= 11 is 1.08. The van der Waals surface area contributed by atoms with Gasteiger partial charge in [-0.05, 0) is 38.1 Å². The summed E-state index contributed by atoms with van der Waals surface area (Å²) in [4.78, 5) is 24.7. The predicted molar refractivity (Wildman–Crippen MR) is 119 cm³/mol. The number of para-hydroxylation sites is 1. The van der Waals surface area contributed by atoms with Crippen molar-refractivity contribution >= 4 is 29.3 Å². The summed E-state index contributed by atoms with van der Waals surface area (Å²) in [6.45, 7) is 3.52. The Kier molecular flexibility index (Phi) is 7.72. The normalized spacial score (nSPS) is 10.7. The number of ether oxygens (including phenoxy) is 3. The molecule has 0 unspecified atom stereocenters. The molecule has 10 heteroatoms. The fraction of sp³-hybridized carbons (Fsp3) is 0.273. The zero-order valence-electron chi connectivity index (χ0n) is 18.1. The maximum Gasteiger partial charge on any atom is 0.340 e. The maximum absolute atomic E-state index is 12.4. The first-order chi connectivity index (χ1) is 15.4. The van der Waals surface area contributed by atoms with Gasteiger partial charge in [0.1, 0.15) is 11.5 Å². The van der Waals surface area contributed by atoms with Gasteiger partial charge in [-0.25, -0.2) is 4.79 Å². The van der Waals surface area contributed by atoms with E-state index in [-0.39, 0.29) is 34.4 Å². The average molecular weight is 458 g/mol. The summed E-state index contributed by atoms with van der Waals surface area (Å²) in [6, 6.07) is 11.9. The van der Waals surface area contributed by atoms with Crippen LogP contribution in [0.3, 0.4) is 0 Å². The predicted octanol–water partition coefficient (Wildman–Crippen LogP) is 4.05. The molecule has 0 saturated carbocycles. The summed E-state index contributed by atoms with van der Waals surface area (Å²) in [5.41, 5.74) is 1.26. The molecule has 3 aromatic rings. The summed E-state index contributed by atoms with van der Waals surface area (Å²) < 4.78 is 21.4. The molecule has 1 heterocycles. The summed E-state index contributed by atoms with van der Waals surface area (Å²) in [5, 5.41) is 10.9. The minimum atomic E-state index is -0.501. The number of hydrogen-bond donors (Lipinski definition) is 1. The SMILES string of the molecule is COc1ccc(-c2nnc(SCC(=O)Nc3ccccc3C(=O)OC(C)C)o2)c(OC)c1. The Balaban J connectivity index is 1.64. The zero-order chi connectivity index (χ0) is 23.1. The van der Waals surface area contributed by atoms with E-state index in [1.807, 2.05) is 0 Å². The molecule has 9 nitrogen and oxygen atoms in total. The van der Waals surface area contributed by atoms with E-state index >= 15 is 0 Å². The van der Waals surface area contributed by atoms with Crippen molar-refractivity contribution in [3.8, 4) is 23.0 Å². The van der Waals surface area contributed by atoms with Crippen LogP contribution in [0.15, 0.2) is 52.1 Å². The van der Waals surface area contributed by atoms with Crippen LogP contribution in [-0.2, 0) is 9.53 Å². The van der Waals surface area contributed by atoms with Gasteiger partial charge in [0.25, 0.3) is 11.1 Å². The third kappa shape index (κ3) is 5.79. The monoisotopic (exact) mass is 457 g/mol. The Morgan fingerprint density at radius 1 is 1.09 bits per heavy atom. The van der Waals surface area contributed by atoms with E-state index in [0.717, 1.165) is 11.8 Å². The van der Waals surface area contributed by atoms with E-state index in [0.29, 0.717) is 22.7 Å². The fourth-order valence-corrected chi connectivity index (χ4v) is 3.28. The first-order valence-electron chi connectivity index (χ1n) is 9.69. The number of nitrogens with zero attached hydrogens (tertiary/aromatic N) is 2. The quantitative estimate of drug-likeness (QED) is 0.375. The van der Waals surface area contributed by atoms with Crippen LogP contribution in [0.4, 0.5) is 5.69 Å². The molecule has 32 heavy (non-hydrogen) atoms. The van der Waals surface area contributed by atoms with Crippen LogP contribution in [0.1, 0.15) is 24.2 Å². The lowest BCUT2D eigenvalue weighted by molar-refractivity contribution is -0.113. The Morgan fingerprint density at radius 3 is 2.59 bits per heavy atom. The highest BCUT2D eigenvalue weighted by Crippen LogP contribution is 2.33. The van der Waals surface area contributed by atoms with Gasteiger partial charge in [0.05, 0.1) is 42.9 Å². The van der Waals surface area contributed by atoms with E-state index in [2.05, 4.69) is 15.5 Å². The molecule has 1 aromatic heterocycles. The van der Waals surface area contributed by atoms with Crippen LogP contribution in [0.25, 0.3) is 11.5 Å². The number of esters is 1. The van der Waals surface area contributed by atoms with E-state index < -0.39 is 5.97 Å². The molecule has 3 rings (SSSR count). The van der Waals surface area contributed by atoms with Gasteiger partial charge in [0.15, 0.2) is 0 Å². The number of anilines is 1. The highest BCUT2D eigenvalue weighted by molar-refractivity contribution is 7.99. The fourth-order valence-electron chi connectivity index (χ4n) is 2.71. The van der Waals surface area contributed by atoms with Crippen molar-refractivity contribution < 1.29 is 28.2 Å². The lowest BCUT2D eigenvalue weighted by Gasteiger charge is -2.12. The molecule has 0 atom stereocenters. The molecular formula is C22H23N3O6S. The molecule has 0 fully saturated rings. The van der Waals surface area contributed by atoms with Crippen LogP contribution in [0.2, 0.25) is 0 Å². The zero-order valence-corrected chi connectivity index (χ0v) is 18.9. The molecule has 1 N–H and O–H groups in total. The Morgan fingerprint density at radius 2 is 1.88 bits per heavy atom. The van der Waals surface area contributed by atoms with E-state index in [1.165, 1.54) is 7.11 Å². The highest BCUT2D eigenvalue weighted by Gasteiger charge is 2.18. The standard InChI is InChI=1S/C22H23N3O6S/c1-13(2)30-21(27)15-7-5-6-8-17(15)23-19(26)12-32-22-25-24-20(31-22)16-10-9-14(28-3)11-18(16)29-4/h5-11,13H,12H2,1-4H3,(H,23,26). The molecule has 1 amide bonds. The number of thioether (sulfide) groups is 1. The van der Waals surface area contributed by atoms with Crippen molar-refractivity contribution in [3.63, 3.8) is 0 Å². The molecular weight excluding hydrogens is 434 g/mol. The lowest BCUT2D eigenvalue weighted by atomic mass is 10.2. The van der Waals surface area contributed by atoms with Crippen molar-refractivity contribution in [2.24, 2.45) is 0 Å².